The first-order valence-corrected chi connectivity index (χ1v) is 11.4. The van der Waals surface area contributed by atoms with Crippen LogP contribution < -0.4 is 0 Å². The van der Waals surface area contributed by atoms with E-state index in [1.165, 1.54) is 0 Å². The summed E-state index contributed by atoms with van der Waals surface area (Å²) in [6.07, 6.45) is -12.1. The van der Waals surface area contributed by atoms with Gasteiger partial charge in [-0.3, -0.25) is 4.90 Å². The maximum absolute atomic E-state index is 13.2. The molecule has 0 unspecified atom stereocenters. The number of amides is 1. The number of benzene rings is 3. The normalized spacial score (nSPS) is 14.0. The lowest BCUT2D eigenvalue weighted by Crippen LogP contribution is -2.44. The predicted molar refractivity (Wildman–Crippen MR) is 124 cm³/mol. The molecule has 0 saturated carbocycles. The van der Waals surface area contributed by atoms with Gasteiger partial charge < -0.3 is 9.84 Å². The van der Waals surface area contributed by atoms with Crippen LogP contribution in [0.1, 0.15) is 33.7 Å². The highest BCUT2D eigenvalue weighted by molar-refractivity contribution is 5.81. The van der Waals surface area contributed by atoms with Crippen molar-refractivity contribution in [2.75, 3.05) is 13.7 Å². The molecule has 0 fully saturated rings. The van der Waals surface area contributed by atoms with Crippen molar-refractivity contribution in [1.29, 1.82) is 0 Å². The van der Waals surface area contributed by atoms with Crippen molar-refractivity contribution >= 4 is 12.1 Å². The van der Waals surface area contributed by atoms with Crippen LogP contribution in [0.5, 0.6) is 0 Å². The zero-order valence-electron chi connectivity index (χ0n) is 19.8. The number of rotatable bonds is 6. The number of alkyl halides is 6. The number of carbonyl (C=O) groups is 2. The second kappa shape index (κ2) is 10.0. The van der Waals surface area contributed by atoms with Gasteiger partial charge in [-0.1, -0.05) is 48.5 Å². The summed E-state index contributed by atoms with van der Waals surface area (Å²) in [5, 5.41) is 9.66. The number of carboxylic acids is 1. The lowest BCUT2D eigenvalue weighted by atomic mass is 9.98. The Kier molecular flexibility index (Phi) is 7.14. The van der Waals surface area contributed by atoms with E-state index in [-0.39, 0.29) is 18.6 Å². The molecule has 1 amide bonds. The van der Waals surface area contributed by atoms with Crippen LogP contribution in [0.15, 0.2) is 66.7 Å². The first-order valence-electron chi connectivity index (χ1n) is 11.4. The third-order valence-electron chi connectivity index (χ3n) is 6.45. The summed E-state index contributed by atoms with van der Waals surface area (Å²) in [4.78, 5) is 25.4. The quantitative estimate of drug-likeness (QED) is 0.360. The van der Waals surface area contributed by atoms with Gasteiger partial charge in [0.25, 0.3) is 0 Å². The summed E-state index contributed by atoms with van der Waals surface area (Å²) in [6, 6.07) is 14.1. The van der Waals surface area contributed by atoms with Gasteiger partial charge in [0, 0.05) is 19.4 Å². The van der Waals surface area contributed by atoms with E-state index in [4.69, 9.17) is 4.74 Å². The molecule has 0 heterocycles. The second-order valence-corrected chi connectivity index (χ2v) is 8.89. The number of likely N-dealkylation sites (N-methyl/N-ethyl adjacent to an activating group) is 1. The Balaban J connectivity index is 1.54. The van der Waals surface area contributed by atoms with Gasteiger partial charge in [-0.2, -0.15) is 26.3 Å². The molecule has 4 rings (SSSR count). The van der Waals surface area contributed by atoms with Crippen LogP contribution in [0.2, 0.25) is 0 Å². The molecule has 1 atom stereocenters. The number of aliphatic carboxylic acids is 1. The molecule has 0 saturated heterocycles. The third-order valence-corrected chi connectivity index (χ3v) is 6.45. The van der Waals surface area contributed by atoms with Crippen molar-refractivity contribution in [2.45, 2.75) is 30.7 Å². The summed E-state index contributed by atoms with van der Waals surface area (Å²) < 4.78 is 84.7. The minimum atomic E-state index is -5.09. The zero-order chi connectivity index (χ0) is 27.8. The van der Waals surface area contributed by atoms with Gasteiger partial charge in [0.05, 0.1) is 11.1 Å². The van der Waals surface area contributed by atoms with E-state index in [1.807, 2.05) is 48.5 Å². The molecular formula is C27H21F6NO4. The number of hydrogen-bond acceptors (Lipinski definition) is 3. The van der Waals surface area contributed by atoms with E-state index >= 15 is 0 Å². The predicted octanol–water partition coefficient (Wildman–Crippen LogP) is 6.60. The summed E-state index contributed by atoms with van der Waals surface area (Å²) >= 11 is 0. The molecule has 200 valence electrons. The molecule has 11 heteroatoms. The first kappa shape index (κ1) is 27.0. The van der Waals surface area contributed by atoms with Gasteiger partial charge in [0.15, 0.2) is 0 Å². The average Bonchev–Trinajstić information content (AvgIpc) is 3.17. The monoisotopic (exact) mass is 537 g/mol. The summed E-state index contributed by atoms with van der Waals surface area (Å²) in [7, 11) is 1.07. The third kappa shape index (κ3) is 5.46. The summed E-state index contributed by atoms with van der Waals surface area (Å²) in [6.45, 7) is -0.148. The molecule has 38 heavy (non-hydrogen) atoms. The SMILES string of the molecule is CN(C(=O)OCC1c2ccccc2-c2ccccc21)[C@@H](Cc1cc(C(F)(F)F)cc(C(F)(F)F)c1)C(=O)O. The molecule has 5 nitrogen and oxygen atoms in total. The number of ether oxygens (including phenoxy) is 1. The number of nitrogens with zero attached hydrogens (tertiary/aromatic N) is 1. The Morgan fingerprint density at radius 3 is 1.79 bits per heavy atom. The highest BCUT2D eigenvalue weighted by Crippen LogP contribution is 2.44. The highest BCUT2D eigenvalue weighted by atomic mass is 19.4. The van der Waals surface area contributed by atoms with E-state index in [0.717, 1.165) is 29.3 Å². The first-order chi connectivity index (χ1) is 17.8. The Bertz CT molecular complexity index is 1290. The lowest BCUT2D eigenvalue weighted by molar-refractivity contribution is -0.143. The van der Waals surface area contributed by atoms with Crippen molar-refractivity contribution in [3.8, 4) is 11.1 Å². The van der Waals surface area contributed by atoms with Crippen LogP contribution in [-0.2, 0) is 28.3 Å². The maximum atomic E-state index is 13.2. The molecule has 0 aliphatic heterocycles. The number of carbonyl (C=O) groups excluding carboxylic acids is 1. The lowest BCUT2D eigenvalue weighted by Gasteiger charge is -2.26. The number of carboxylic acid groups (broad SMARTS) is 1. The van der Waals surface area contributed by atoms with Crippen LogP contribution >= 0.6 is 0 Å². The molecule has 1 aliphatic rings. The van der Waals surface area contributed by atoms with Crippen molar-refractivity contribution in [3.05, 3.63) is 94.5 Å². The van der Waals surface area contributed by atoms with E-state index in [1.54, 1.807) is 0 Å². The Labute approximate surface area is 213 Å². The van der Waals surface area contributed by atoms with Crippen molar-refractivity contribution in [3.63, 3.8) is 0 Å². The van der Waals surface area contributed by atoms with Gasteiger partial charge in [-0.05, 0) is 46.0 Å². The minimum Gasteiger partial charge on any atom is -0.480 e. The van der Waals surface area contributed by atoms with E-state index in [2.05, 4.69) is 0 Å². The molecule has 0 aromatic heterocycles. The van der Waals surface area contributed by atoms with Gasteiger partial charge in [-0.15, -0.1) is 0 Å². The van der Waals surface area contributed by atoms with Crippen LogP contribution in [0.3, 0.4) is 0 Å². The molecule has 0 spiro atoms. The number of hydrogen-bond donors (Lipinski definition) is 1. The fourth-order valence-corrected chi connectivity index (χ4v) is 4.57. The molecule has 3 aromatic rings. The van der Waals surface area contributed by atoms with Gasteiger partial charge in [-0.25, -0.2) is 9.59 Å². The molecule has 1 N–H and O–H groups in total. The maximum Gasteiger partial charge on any atom is 0.416 e. The summed E-state index contributed by atoms with van der Waals surface area (Å²) in [5.74, 6) is -1.95. The molecular weight excluding hydrogens is 516 g/mol. The Hall–Kier alpha value is -4.02. The largest absolute Gasteiger partial charge is 0.480 e. The van der Waals surface area contributed by atoms with Gasteiger partial charge in [0.1, 0.15) is 12.6 Å². The Morgan fingerprint density at radius 2 is 1.34 bits per heavy atom. The van der Waals surface area contributed by atoms with Crippen LogP contribution in [0.25, 0.3) is 11.1 Å². The molecule has 0 bridgehead atoms. The minimum absolute atomic E-state index is 0.0471. The van der Waals surface area contributed by atoms with Crippen molar-refractivity contribution < 1.29 is 45.8 Å². The van der Waals surface area contributed by atoms with Crippen LogP contribution in [0, 0.1) is 0 Å². The van der Waals surface area contributed by atoms with E-state index < -0.39 is 53.6 Å². The molecule has 3 aromatic carbocycles. The average molecular weight is 537 g/mol. The summed E-state index contributed by atoms with van der Waals surface area (Å²) in [5.41, 5.74) is 0.0467. The molecule has 0 radical (unpaired) electrons. The standard InChI is InChI=1S/C27H21F6NO4/c1-34(23(24(35)36)12-15-10-16(26(28,29)30)13-17(11-15)27(31,32)33)25(37)38-14-22-20-8-4-2-6-18(20)19-7-3-5-9-21(19)22/h2-11,13,22-23H,12,14H2,1H3,(H,35,36)/t23-/m0/s1. The van der Waals surface area contributed by atoms with E-state index in [0.29, 0.717) is 17.0 Å². The fraction of sp³-hybridized carbons (Fsp3) is 0.259. The van der Waals surface area contributed by atoms with Gasteiger partial charge in [0.2, 0.25) is 0 Å². The zero-order valence-corrected chi connectivity index (χ0v) is 19.8. The molecule has 1 aliphatic carbocycles. The number of fused-ring (bicyclic) bond motifs is 3. The van der Waals surface area contributed by atoms with Crippen LogP contribution in [0.4, 0.5) is 31.1 Å². The highest BCUT2D eigenvalue weighted by Gasteiger charge is 2.38. The van der Waals surface area contributed by atoms with Crippen LogP contribution in [-0.4, -0.2) is 41.8 Å². The van der Waals surface area contributed by atoms with Gasteiger partial charge >= 0.3 is 24.4 Å². The van der Waals surface area contributed by atoms with E-state index in [9.17, 15) is 41.0 Å². The van der Waals surface area contributed by atoms with Crippen molar-refractivity contribution in [1.82, 2.24) is 4.90 Å². The topological polar surface area (TPSA) is 66.8 Å². The van der Waals surface area contributed by atoms with Crippen molar-refractivity contribution in [2.24, 2.45) is 0 Å². The Morgan fingerprint density at radius 1 is 0.868 bits per heavy atom. The smallest absolute Gasteiger partial charge is 0.416 e. The number of halogens is 6. The fourth-order valence-electron chi connectivity index (χ4n) is 4.57. The second-order valence-electron chi connectivity index (χ2n) is 8.89.